The molecule has 0 aromatic heterocycles. The standard InChI is InChI=1S/C16H25NO4/c1-5-6-7-8-11-21-14-10-9-13(12-15(14)19-3)16(18)17(2)20-4/h9-10,12H,5-8,11H2,1-4H3. The van der Waals surface area contributed by atoms with Gasteiger partial charge in [0.2, 0.25) is 0 Å². The summed E-state index contributed by atoms with van der Waals surface area (Å²) in [7, 11) is 4.57. The van der Waals surface area contributed by atoms with E-state index in [9.17, 15) is 4.79 Å². The Morgan fingerprint density at radius 1 is 1.14 bits per heavy atom. The molecule has 0 heterocycles. The number of methoxy groups -OCH3 is 1. The highest BCUT2D eigenvalue weighted by molar-refractivity contribution is 5.94. The number of hydroxylamine groups is 2. The highest BCUT2D eigenvalue weighted by Crippen LogP contribution is 2.28. The molecule has 0 aliphatic carbocycles. The molecule has 1 aromatic carbocycles. The second kappa shape index (κ2) is 9.23. The number of unbranched alkanes of at least 4 members (excludes halogenated alkanes) is 3. The maximum absolute atomic E-state index is 12.0. The van der Waals surface area contributed by atoms with E-state index in [1.807, 2.05) is 0 Å². The number of rotatable bonds is 9. The average Bonchev–Trinajstić information content (AvgIpc) is 2.53. The Morgan fingerprint density at radius 2 is 1.90 bits per heavy atom. The Balaban J connectivity index is 2.68. The number of benzene rings is 1. The third-order valence-corrected chi connectivity index (χ3v) is 3.23. The van der Waals surface area contributed by atoms with E-state index in [1.165, 1.54) is 25.0 Å². The van der Waals surface area contributed by atoms with Gasteiger partial charge < -0.3 is 9.47 Å². The minimum atomic E-state index is -0.231. The van der Waals surface area contributed by atoms with Crippen molar-refractivity contribution in [3.05, 3.63) is 23.8 Å². The average molecular weight is 295 g/mol. The first kappa shape index (κ1) is 17.3. The number of carbonyl (C=O) groups is 1. The van der Waals surface area contributed by atoms with Crippen LogP contribution < -0.4 is 9.47 Å². The summed E-state index contributed by atoms with van der Waals surface area (Å²) in [5.41, 5.74) is 0.495. The van der Waals surface area contributed by atoms with Gasteiger partial charge in [0, 0.05) is 12.6 Å². The molecule has 0 unspecified atom stereocenters. The number of hydrogen-bond donors (Lipinski definition) is 0. The predicted molar refractivity (Wildman–Crippen MR) is 81.7 cm³/mol. The summed E-state index contributed by atoms with van der Waals surface area (Å²) in [6.07, 6.45) is 4.60. The maximum atomic E-state index is 12.0. The van der Waals surface area contributed by atoms with Crippen LogP contribution in [-0.4, -0.2) is 38.8 Å². The van der Waals surface area contributed by atoms with Crippen LogP contribution in [0.4, 0.5) is 0 Å². The van der Waals surface area contributed by atoms with Crippen LogP contribution in [0.2, 0.25) is 0 Å². The number of amides is 1. The molecule has 0 fully saturated rings. The third-order valence-electron chi connectivity index (χ3n) is 3.23. The summed E-state index contributed by atoms with van der Waals surface area (Å²) >= 11 is 0. The molecule has 1 aromatic rings. The molecule has 0 radical (unpaired) electrons. The first-order valence-electron chi connectivity index (χ1n) is 7.27. The quantitative estimate of drug-likeness (QED) is 0.518. The first-order chi connectivity index (χ1) is 10.1. The van der Waals surface area contributed by atoms with Crippen molar-refractivity contribution in [3.8, 4) is 11.5 Å². The van der Waals surface area contributed by atoms with Gasteiger partial charge in [-0.1, -0.05) is 26.2 Å². The molecule has 118 valence electrons. The van der Waals surface area contributed by atoms with Gasteiger partial charge in [-0.25, -0.2) is 5.06 Å². The van der Waals surface area contributed by atoms with E-state index in [-0.39, 0.29) is 5.91 Å². The summed E-state index contributed by atoms with van der Waals surface area (Å²) in [4.78, 5) is 16.9. The lowest BCUT2D eigenvalue weighted by Crippen LogP contribution is -2.25. The van der Waals surface area contributed by atoms with Gasteiger partial charge in [0.1, 0.15) is 0 Å². The SMILES string of the molecule is CCCCCCOc1ccc(C(=O)N(C)OC)cc1OC. The van der Waals surface area contributed by atoms with Gasteiger partial charge in [0.25, 0.3) is 5.91 Å². The van der Waals surface area contributed by atoms with Crippen LogP contribution in [0, 0.1) is 0 Å². The van der Waals surface area contributed by atoms with E-state index in [0.29, 0.717) is 23.7 Å². The zero-order valence-electron chi connectivity index (χ0n) is 13.3. The van der Waals surface area contributed by atoms with Crippen molar-refractivity contribution < 1.29 is 19.1 Å². The Hall–Kier alpha value is -1.75. The van der Waals surface area contributed by atoms with Crippen molar-refractivity contribution in [3.63, 3.8) is 0 Å². The Labute approximate surface area is 126 Å². The zero-order chi connectivity index (χ0) is 15.7. The molecule has 0 bridgehead atoms. The third kappa shape index (κ3) is 5.27. The maximum Gasteiger partial charge on any atom is 0.277 e. The molecule has 21 heavy (non-hydrogen) atoms. The smallest absolute Gasteiger partial charge is 0.277 e. The van der Waals surface area contributed by atoms with Gasteiger partial charge in [0.05, 0.1) is 20.8 Å². The molecule has 0 aliphatic rings. The molecular weight excluding hydrogens is 270 g/mol. The number of hydrogen-bond acceptors (Lipinski definition) is 4. The lowest BCUT2D eigenvalue weighted by molar-refractivity contribution is -0.0757. The van der Waals surface area contributed by atoms with Gasteiger partial charge in [-0.2, -0.15) is 0 Å². The minimum absolute atomic E-state index is 0.231. The van der Waals surface area contributed by atoms with E-state index in [4.69, 9.17) is 14.3 Å². The van der Waals surface area contributed by atoms with E-state index < -0.39 is 0 Å². The summed E-state index contributed by atoms with van der Waals surface area (Å²) in [5, 5.41) is 1.17. The van der Waals surface area contributed by atoms with Gasteiger partial charge in [-0.15, -0.1) is 0 Å². The van der Waals surface area contributed by atoms with E-state index in [2.05, 4.69) is 6.92 Å². The van der Waals surface area contributed by atoms with E-state index >= 15 is 0 Å². The topological polar surface area (TPSA) is 48.0 Å². The highest BCUT2D eigenvalue weighted by Gasteiger charge is 2.14. The van der Waals surface area contributed by atoms with E-state index in [1.54, 1.807) is 32.4 Å². The van der Waals surface area contributed by atoms with Gasteiger partial charge in [-0.3, -0.25) is 9.63 Å². The van der Waals surface area contributed by atoms with Crippen molar-refractivity contribution in [1.29, 1.82) is 0 Å². The monoisotopic (exact) mass is 295 g/mol. The van der Waals surface area contributed by atoms with Crippen molar-refractivity contribution >= 4 is 5.91 Å². The number of ether oxygens (including phenoxy) is 2. The van der Waals surface area contributed by atoms with Crippen molar-refractivity contribution in [2.24, 2.45) is 0 Å². The van der Waals surface area contributed by atoms with Gasteiger partial charge in [-0.05, 0) is 24.6 Å². The second-order valence-electron chi connectivity index (χ2n) is 4.76. The highest BCUT2D eigenvalue weighted by atomic mass is 16.7. The van der Waals surface area contributed by atoms with Crippen molar-refractivity contribution in [2.45, 2.75) is 32.6 Å². The lowest BCUT2D eigenvalue weighted by Gasteiger charge is -2.15. The molecule has 5 nitrogen and oxygen atoms in total. The molecule has 1 amide bonds. The summed E-state index contributed by atoms with van der Waals surface area (Å²) in [5.74, 6) is 0.983. The van der Waals surface area contributed by atoms with Gasteiger partial charge in [0.15, 0.2) is 11.5 Å². The number of nitrogens with zero attached hydrogens (tertiary/aromatic N) is 1. The van der Waals surface area contributed by atoms with Crippen LogP contribution in [0.25, 0.3) is 0 Å². The second-order valence-corrected chi connectivity index (χ2v) is 4.76. The molecule has 0 saturated carbocycles. The molecule has 0 spiro atoms. The summed E-state index contributed by atoms with van der Waals surface area (Å²) in [6, 6.07) is 5.14. The molecule has 5 heteroatoms. The van der Waals surface area contributed by atoms with Crippen LogP contribution in [-0.2, 0) is 4.84 Å². The van der Waals surface area contributed by atoms with Crippen LogP contribution in [0.5, 0.6) is 11.5 Å². The van der Waals surface area contributed by atoms with Crippen LogP contribution in [0.15, 0.2) is 18.2 Å². The minimum Gasteiger partial charge on any atom is -0.493 e. The Kier molecular flexibility index (Phi) is 7.61. The Morgan fingerprint density at radius 3 is 2.52 bits per heavy atom. The van der Waals surface area contributed by atoms with Crippen LogP contribution in [0.1, 0.15) is 43.0 Å². The lowest BCUT2D eigenvalue weighted by atomic mass is 10.2. The molecule has 0 aliphatic heterocycles. The number of carbonyl (C=O) groups excluding carboxylic acids is 1. The fourth-order valence-electron chi connectivity index (χ4n) is 1.90. The van der Waals surface area contributed by atoms with Crippen molar-refractivity contribution in [1.82, 2.24) is 5.06 Å². The van der Waals surface area contributed by atoms with Gasteiger partial charge >= 0.3 is 0 Å². The van der Waals surface area contributed by atoms with Crippen LogP contribution in [0.3, 0.4) is 0 Å². The Bertz CT molecular complexity index is 448. The molecule has 0 N–H and O–H groups in total. The largest absolute Gasteiger partial charge is 0.493 e. The molecular formula is C16H25NO4. The van der Waals surface area contributed by atoms with E-state index in [0.717, 1.165) is 12.8 Å². The predicted octanol–water partition coefficient (Wildman–Crippen LogP) is 3.29. The fourth-order valence-corrected chi connectivity index (χ4v) is 1.90. The molecule has 1 rings (SSSR count). The van der Waals surface area contributed by atoms with Crippen molar-refractivity contribution in [2.75, 3.05) is 27.9 Å². The fraction of sp³-hybridized carbons (Fsp3) is 0.562. The summed E-state index contributed by atoms with van der Waals surface area (Å²) in [6.45, 7) is 2.83. The zero-order valence-corrected chi connectivity index (χ0v) is 13.3. The van der Waals surface area contributed by atoms with Crippen LogP contribution >= 0.6 is 0 Å². The first-order valence-corrected chi connectivity index (χ1v) is 7.27. The molecule has 0 saturated heterocycles. The molecule has 0 atom stereocenters. The summed E-state index contributed by atoms with van der Waals surface area (Å²) < 4.78 is 11.0. The normalized spacial score (nSPS) is 10.3.